The van der Waals surface area contributed by atoms with Crippen molar-refractivity contribution in [3.63, 3.8) is 0 Å². The lowest BCUT2D eigenvalue weighted by Gasteiger charge is -2.53. The number of carbonyl (C=O) groups is 1. The average molecular weight is 431 g/mol. The first-order chi connectivity index (χ1) is 13.4. The molecule has 0 bridgehead atoms. The SMILES string of the molecule is C[C@@]12C(=O)CC[C@H]1[C@@H]1CCc3cc(O[Si](C)(C)C)ccc3[C@H]1CC2O[Si](C)(C)C. The van der Waals surface area contributed by atoms with Crippen molar-refractivity contribution in [2.45, 2.75) is 90.3 Å². The zero-order valence-corrected chi connectivity index (χ0v) is 21.3. The molecule has 0 N–H and O–H groups in total. The number of fused-ring (bicyclic) bond motifs is 5. The number of benzene rings is 1. The van der Waals surface area contributed by atoms with Gasteiger partial charge >= 0.3 is 0 Å². The molecule has 3 aliphatic carbocycles. The van der Waals surface area contributed by atoms with E-state index in [1.165, 1.54) is 17.5 Å². The van der Waals surface area contributed by atoms with Crippen LogP contribution in [0.2, 0.25) is 39.3 Å². The van der Waals surface area contributed by atoms with Crippen LogP contribution in [0.3, 0.4) is 0 Å². The largest absolute Gasteiger partial charge is 0.544 e. The molecule has 29 heavy (non-hydrogen) atoms. The predicted octanol–water partition coefficient (Wildman–Crippen LogP) is 6.16. The molecule has 3 nitrogen and oxygen atoms in total. The van der Waals surface area contributed by atoms with Crippen molar-refractivity contribution < 1.29 is 13.6 Å². The lowest BCUT2D eigenvalue weighted by molar-refractivity contribution is -0.139. The molecule has 3 aliphatic rings. The van der Waals surface area contributed by atoms with Gasteiger partial charge in [0.2, 0.25) is 8.32 Å². The second-order valence-corrected chi connectivity index (χ2v) is 20.6. The Morgan fingerprint density at radius 1 is 1.00 bits per heavy atom. The van der Waals surface area contributed by atoms with E-state index in [2.05, 4.69) is 64.4 Å². The molecule has 0 spiro atoms. The molecule has 5 heteroatoms. The van der Waals surface area contributed by atoms with E-state index < -0.39 is 16.6 Å². The summed E-state index contributed by atoms with van der Waals surface area (Å²) in [7, 11) is -3.34. The minimum atomic E-state index is -1.73. The summed E-state index contributed by atoms with van der Waals surface area (Å²) >= 11 is 0. The van der Waals surface area contributed by atoms with E-state index >= 15 is 0 Å². The highest BCUT2D eigenvalue weighted by Gasteiger charge is 2.60. The molecule has 2 fully saturated rings. The van der Waals surface area contributed by atoms with Crippen LogP contribution in [-0.2, 0) is 15.6 Å². The minimum absolute atomic E-state index is 0.0688. The van der Waals surface area contributed by atoms with Crippen molar-refractivity contribution in [1.82, 2.24) is 0 Å². The first-order valence-electron chi connectivity index (χ1n) is 11.4. The van der Waals surface area contributed by atoms with Gasteiger partial charge in [-0.15, -0.1) is 0 Å². The number of ketones is 1. The molecule has 160 valence electrons. The maximum absolute atomic E-state index is 13.0. The van der Waals surface area contributed by atoms with Gasteiger partial charge in [-0.05, 0) is 113 Å². The van der Waals surface area contributed by atoms with Gasteiger partial charge in [0.1, 0.15) is 11.5 Å². The van der Waals surface area contributed by atoms with Gasteiger partial charge in [0, 0.05) is 6.42 Å². The van der Waals surface area contributed by atoms with Crippen molar-refractivity contribution in [1.29, 1.82) is 0 Å². The molecular formula is C24H38O3Si2. The quantitative estimate of drug-likeness (QED) is 0.537. The van der Waals surface area contributed by atoms with Gasteiger partial charge in [0.25, 0.3) is 0 Å². The van der Waals surface area contributed by atoms with E-state index in [-0.39, 0.29) is 11.5 Å². The van der Waals surface area contributed by atoms with Crippen LogP contribution in [0.25, 0.3) is 0 Å². The van der Waals surface area contributed by atoms with Crippen molar-refractivity contribution in [3.05, 3.63) is 29.3 Å². The summed E-state index contributed by atoms with van der Waals surface area (Å²) in [6.45, 7) is 15.7. The van der Waals surface area contributed by atoms with Crippen molar-refractivity contribution in [3.8, 4) is 5.75 Å². The van der Waals surface area contributed by atoms with Crippen molar-refractivity contribution >= 4 is 22.4 Å². The van der Waals surface area contributed by atoms with Gasteiger partial charge in [0.05, 0.1) is 11.5 Å². The van der Waals surface area contributed by atoms with Crippen LogP contribution < -0.4 is 4.43 Å². The lowest BCUT2D eigenvalue weighted by atomic mass is 9.54. The summed E-state index contributed by atoms with van der Waals surface area (Å²) in [5.74, 6) is 3.09. The van der Waals surface area contributed by atoms with E-state index in [4.69, 9.17) is 8.85 Å². The molecule has 0 aliphatic heterocycles. The van der Waals surface area contributed by atoms with E-state index in [1.54, 1.807) is 0 Å². The molecule has 2 saturated carbocycles. The van der Waals surface area contributed by atoms with Gasteiger partial charge in [-0.25, -0.2) is 0 Å². The van der Waals surface area contributed by atoms with E-state index in [9.17, 15) is 4.79 Å². The van der Waals surface area contributed by atoms with E-state index in [0.29, 0.717) is 23.5 Å². The Labute approximate surface area is 178 Å². The number of aryl methyl sites for hydroxylation is 1. The Hall–Kier alpha value is -0.916. The molecule has 0 saturated heterocycles. The zero-order valence-electron chi connectivity index (χ0n) is 19.3. The molecule has 1 unspecified atom stereocenters. The molecule has 0 heterocycles. The Morgan fingerprint density at radius 3 is 2.38 bits per heavy atom. The minimum Gasteiger partial charge on any atom is -0.544 e. The molecule has 5 atom stereocenters. The first-order valence-corrected chi connectivity index (χ1v) is 18.2. The Balaban J connectivity index is 1.69. The fraction of sp³-hybridized carbons (Fsp3) is 0.708. The maximum atomic E-state index is 13.0. The Bertz CT molecular complexity index is 807. The van der Waals surface area contributed by atoms with Gasteiger partial charge in [0.15, 0.2) is 8.32 Å². The predicted molar refractivity (Wildman–Crippen MR) is 124 cm³/mol. The van der Waals surface area contributed by atoms with E-state index in [0.717, 1.165) is 31.4 Å². The topological polar surface area (TPSA) is 35.5 Å². The second-order valence-electron chi connectivity index (χ2n) is 11.7. The molecule has 1 aromatic rings. The zero-order chi connectivity index (χ0) is 21.2. The van der Waals surface area contributed by atoms with Crippen LogP contribution in [0.15, 0.2) is 18.2 Å². The van der Waals surface area contributed by atoms with Gasteiger partial charge in [-0.2, -0.15) is 0 Å². The Morgan fingerprint density at radius 2 is 1.72 bits per heavy atom. The fourth-order valence-corrected chi connectivity index (χ4v) is 8.36. The number of Topliss-reactive ketones (excluding diaryl/α,β-unsaturated/α-hetero) is 1. The van der Waals surface area contributed by atoms with Gasteiger partial charge < -0.3 is 8.85 Å². The van der Waals surface area contributed by atoms with Gasteiger partial charge in [-0.3, -0.25) is 4.79 Å². The normalized spacial score (nSPS) is 34.4. The van der Waals surface area contributed by atoms with Crippen LogP contribution >= 0.6 is 0 Å². The van der Waals surface area contributed by atoms with Crippen molar-refractivity contribution in [2.75, 3.05) is 0 Å². The second kappa shape index (κ2) is 7.06. The number of carbonyl (C=O) groups excluding carboxylic acids is 1. The third kappa shape index (κ3) is 3.90. The highest BCUT2D eigenvalue weighted by molar-refractivity contribution is 6.70. The third-order valence-electron chi connectivity index (χ3n) is 7.40. The summed E-state index contributed by atoms with van der Waals surface area (Å²) < 4.78 is 13.0. The standard InChI is InChI=1S/C24H38O3Si2/c1-24-21(12-13-22(24)25)19-10-8-16-14-17(26-28(2,3)4)9-11-18(16)20(19)15-23(24)27-29(5,6)7/h9,11,14,19-21,23H,8,10,12-13,15H2,1-7H3/t19-,20-,21+,23?,24+/m1/s1. The summed E-state index contributed by atoms with van der Waals surface area (Å²) in [6, 6.07) is 6.81. The maximum Gasteiger partial charge on any atom is 0.242 e. The smallest absolute Gasteiger partial charge is 0.242 e. The number of hydrogen-bond donors (Lipinski definition) is 0. The Kier molecular flexibility index (Phi) is 5.19. The summed E-state index contributed by atoms with van der Waals surface area (Å²) in [5, 5.41) is 0. The molecule has 0 aromatic heterocycles. The van der Waals surface area contributed by atoms with Crippen LogP contribution in [0, 0.1) is 17.3 Å². The lowest BCUT2D eigenvalue weighted by Crippen LogP contribution is -2.54. The van der Waals surface area contributed by atoms with E-state index in [1.807, 2.05) is 0 Å². The van der Waals surface area contributed by atoms with Crippen LogP contribution in [-0.4, -0.2) is 28.5 Å². The monoisotopic (exact) mass is 430 g/mol. The van der Waals surface area contributed by atoms with Crippen molar-refractivity contribution in [2.24, 2.45) is 17.3 Å². The fourth-order valence-electron chi connectivity index (χ4n) is 6.33. The molecule has 4 rings (SSSR count). The third-order valence-corrected chi connectivity index (χ3v) is 9.24. The highest BCUT2D eigenvalue weighted by atomic mass is 28.4. The molecular weight excluding hydrogens is 392 g/mol. The first kappa shape index (κ1) is 21.3. The van der Waals surface area contributed by atoms with Crippen LogP contribution in [0.4, 0.5) is 0 Å². The number of hydrogen-bond acceptors (Lipinski definition) is 3. The summed E-state index contributed by atoms with van der Waals surface area (Å²) in [6.07, 6.45) is 5.16. The molecule has 1 aromatic carbocycles. The molecule has 0 radical (unpaired) electrons. The highest BCUT2D eigenvalue weighted by Crippen LogP contribution is 2.60. The summed E-state index contributed by atoms with van der Waals surface area (Å²) in [5.41, 5.74) is 2.68. The summed E-state index contributed by atoms with van der Waals surface area (Å²) in [4.78, 5) is 13.0. The number of rotatable bonds is 4. The van der Waals surface area contributed by atoms with Crippen LogP contribution in [0.1, 0.15) is 49.7 Å². The average Bonchev–Trinajstić information content (AvgIpc) is 2.89. The van der Waals surface area contributed by atoms with Crippen LogP contribution in [0.5, 0.6) is 5.75 Å². The molecule has 0 amide bonds. The van der Waals surface area contributed by atoms with Gasteiger partial charge in [-0.1, -0.05) is 6.07 Å².